The lowest BCUT2D eigenvalue weighted by Crippen LogP contribution is -2.47. The van der Waals surface area contributed by atoms with Crippen LogP contribution in [-0.4, -0.2) is 43.8 Å². The molecule has 1 saturated heterocycles. The zero-order chi connectivity index (χ0) is 15.3. The van der Waals surface area contributed by atoms with Crippen LogP contribution in [0.2, 0.25) is 0 Å². The van der Waals surface area contributed by atoms with E-state index < -0.39 is 0 Å². The minimum absolute atomic E-state index is 0. The fraction of sp³-hybridized carbons (Fsp3) is 0.600. The first-order valence-electron chi connectivity index (χ1n) is 7.21. The maximum atomic E-state index is 12.2. The molecule has 6 nitrogen and oxygen atoms in total. The predicted octanol–water partition coefficient (Wildman–Crippen LogP) is 0.553. The first kappa shape index (κ1) is 18.7. The molecule has 0 saturated carbocycles. The third-order valence-corrected chi connectivity index (χ3v) is 4.09. The Morgan fingerprint density at radius 3 is 2.68 bits per heavy atom. The standard InChI is InChI=1S/C15H23N3O3.ClH/c1-18-9-12(3-4-13(18)19)14(20)17-10-15(11-21-2)5-7-16-8-6-15;/h3-4,9,16H,5-8,10-11H2,1-2H3,(H,17,20);1H. The van der Waals surface area contributed by atoms with Gasteiger partial charge in [0.1, 0.15) is 0 Å². The molecule has 0 radical (unpaired) electrons. The van der Waals surface area contributed by atoms with Gasteiger partial charge in [-0.05, 0) is 32.0 Å². The Labute approximate surface area is 136 Å². The monoisotopic (exact) mass is 329 g/mol. The van der Waals surface area contributed by atoms with Crippen molar-refractivity contribution in [3.8, 4) is 0 Å². The maximum Gasteiger partial charge on any atom is 0.252 e. The number of halogens is 1. The van der Waals surface area contributed by atoms with Gasteiger partial charge in [-0.15, -0.1) is 12.4 Å². The molecule has 0 unspecified atom stereocenters. The molecule has 0 atom stereocenters. The first-order chi connectivity index (χ1) is 10.1. The van der Waals surface area contributed by atoms with Crippen LogP contribution in [0.25, 0.3) is 0 Å². The minimum atomic E-state index is -0.153. The smallest absolute Gasteiger partial charge is 0.252 e. The Bertz CT molecular complexity index is 548. The van der Waals surface area contributed by atoms with Crippen molar-refractivity contribution in [2.24, 2.45) is 12.5 Å². The van der Waals surface area contributed by atoms with E-state index in [9.17, 15) is 9.59 Å². The summed E-state index contributed by atoms with van der Waals surface area (Å²) >= 11 is 0. The van der Waals surface area contributed by atoms with Gasteiger partial charge in [-0.2, -0.15) is 0 Å². The van der Waals surface area contributed by atoms with Gasteiger partial charge in [0.05, 0.1) is 12.2 Å². The van der Waals surface area contributed by atoms with Crippen molar-refractivity contribution < 1.29 is 9.53 Å². The summed E-state index contributed by atoms with van der Waals surface area (Å²) in [6, 6.07) is 2.97. The van der Waals surface area contributed by atoms with Crippen molar-refractivity contribution in [2.45, 2.75) is 12.8 Å². The molecule has 0 aliphatic carbocycles. The van der Waals surface area contributed by atoms with Gasteiger partial charge in [0.15, 0.2) is 0 Å². The molecular weight excluding hydrogens is 306 g/mol. The summed E-state index contributed by atoms with van der Waals surface area (Å²) in [7, 11) is 3.33. The second kappa shape index (κ2) is 8.31. The molecule has 2 N–H and O–H groups in total. The van der Waals surface area contributed by atoms with Crippen LogP contribution in [0, 0.1) is 5.41 Å². The Morgan fingerprint density at radius 1 is 1.41 bits per heavy atom. The third kappa shape index (κ3) is 4.56. The molecule has 1 aromatic heterocycles. The number of aromatic nitrogens is 1. The number of rotatable bonds is 5. The summed E-state index contributed by atoms with van der Waals surface area (Å²) in [5.74, 6) is -0.153. The normalized spacial score (nSPS) is 16.6. The van der Waals surface area contributed by atoms with E-state index in [2.05, 4.69) is 10.6 Å². The van der Waals surface area contributed by atoms with Crippen molar-refractivity contribution in [1.29, 1.82) is 0 Å². The number of methoxy groups -OCH3 is 1. The highest BCUT2D eigenvalue weighted by atomic mass is 35.5. The lowest BCUT2D eigenvalue weighted by molar-refractivity contribution is 0.0511. The first-order valence-corrected chi connectivity index (χ1v) is 7.21. The summed E-state index contributed by atoms with van der Waals surface area (Å²) in [6.07, 6.45) is 3.52. The molecule has 7 heteroatoms. The number of nitrogens with zero attached hydrogens (tertiary/aromatic N) is 1. The molecular formula is C15H24ClN3O3. The maximum absolute atomic E-state index is 12.2. The summed E-state index contributed by atoms with van der Waals surface area (Å²) in [5.41, 5.74) is 0.371. The van der Waals surface area contributed by atoms with Gasteiger partial charge in [-0.1, -0.05) is 0 Å². The molecule has 124 valence electrons. The van der Waals surface area contributed by atoms with Gasteiger partial charge < -0.3 is 19.9 Å². The number of carbonyl (C=O) groups excluding carboxylic acids is 1. The minimum Gasteiger partial charge on any atom is -0.384 e. The molecule has 0 aromatic carbocycles. The van der Waals surface area contributed by atoms with Gasteiger partial charge in [0.2, 0.25) is 5.56 Å². The highest BCUT2D eigenvalue weighted by molar-refractivity contribution is 5.93. The Kier molecular flexibility index (Phi) is 7.06. The number of nitrogens with one attached hydrogen (secondary N) is 2. The third-order valence-electron chi connectivity index (χ3n) is 4.09. The lowest BCUT2D eigenvalue weighted by atomic mass is 9.79. The number of hydrogen-bond donors (Lipinski definition) is 2. The van der Waals surface area contributed by atoms with Gasteiger partial charge >= 0.3 is 0 Å². The molecule has 0 bridgehead atoms. The molecule has 22 heavy (non-hydrogen) atoms. The molecule has 1 fully saturated rings. The van der Waals surface area contributed by atoms with E-state index in [-0.39, 0.29) is 29.3 Å². The van der Waals surface area contributed by atoms with E-state index in [0.29, 0.717) is 18.7 Å². The average molecular weight is 330 g/mol. The van der Waals surface area contributed by atoms with Crippen molar-refractivity contribution in [3.63, 3.8) is 0 Å². The van der Waals surface area contributed by atoms with Crippen molar-refractivity contribution in [2.75, 3.05) is 33.4 Å². The van der Waals surface area contributed by atoms with Crippen molar-refractivity contribution >= 4 is 18.3 Å². The second-order valence-corrected chi connectivity index (χ2v) is 5.73. The molecule has 1 aliphatic heterocycles. The van der Waals surface area contributed by atoms with Gasteiger partial charge in [0.25, 0.3) is 5.91 Å². The Morgan fingerprint density at radius 2 is 2.09 bits per heavy atom. The summed E-state index contributed by atoms with van der Waals surface area (Å²) < 4.78 is 6.74. The van der Waals surface area contributed by atoms with E-state index in [1.165, 1.54) is 10.6 Å². The molecule has 2 heterocycles. The molecule has 0 spiro atoms. The van der Waals surface area contributed by atoms with E-state index >= 15 is 0 Å². The highest BCUT2D eigenvalue weighted by Crippen LogP contribution is 2.28. The Hall–Kier alpha value is -1.37. The quantitative estimate of drug-likeness (QED) is 0.827. The molecule has 1 aromatic rings. The molecule has 2 rings (SSSR count). The lowest BCUT2D eigenvalue weighted by Gasteiger charge is -2.37. The van der Waals surface area contributed by atoms with Gasteiger partial charge in [0, 0.05) is 38.4 Å². The number of carbonyl (C=O) groups is 1. The second-order valence-electron chi connectivity index (χ2n) is 5.73. The SMILES string of the molecule is COCC1(CNC(=O)c2ccc(=O)n(C)c2)CCNCC1.Cl. The van der Waals surface area contributed by atoms with Crippen LogP contribution in [0.3, 0.4) is 0 Å². The zero-order valence-electron chi connectivity index (χ0n) is 13.1. The topological polar surface area (TPSA) is 72.4 Å². The number of piperidine rings is 1. The largest absolute Gasteiger partial charge is 0.384 e. The number of amides is 1. The van der Waals surface area contributed by atoms with Crippen LogP contribution in [0.4, 0.5) is 0 Å². The van der Waals surface area contributed by atoms with E-state index in [1.807, 2.05) is 0 Å². The van der Waals surface area contributed by atoms with Crippen LogP contribution < -0.4 is 16.2 Å². The fourth-order valence-corrected chi connectivity index (χ4v) is 2.73. The number of pyridine rings is 1. The van der Waals surface area contributed by atoms with E-state index in [0.717, 1.165) is 25.9 Å². The number of hydrogen-bond acceptors (Lipinski definition) is 4. The molecule has 1 aliphatic rings. The average Bonchev–Trinajstić information content (AvgIpc) is 2.49. The summed E-state index contributed by atoms with van der Waals surface area (Å²) in [5, 5.41) is 6.30. The van der Waals surface area contributed by atoms with E-state index in [4.69, 9.17) is 4.74 Å². The fourth-order valence-electron chi connectivity index (χ4n) is 2.73. The summed E-state index contributed by atoms with van der Waals surface area (Å²) in [6.45, 7) is 3.12. The zero-order valence-corrected chi connectivity index (χ0v) is 13.9. The van der Waals surface area contributed by atoms with Crippen LogP contribution in [-0.2, 0) is 11.8 Å². The van der Waals surface area contributed by atoms with Crippen molar-refractivity contribution in [3.05, 3.63) is 34.2 Å². The summed E-state index contributed by atoms with van der Waals surface area (Å²) in [4.78, 5) is 23.6. The number of ether oxygens (including phenoxy) is 1. The van der Waals surface area contributed by atoms with Gasteiger partial charge in [-0.3, -0.25) is 9.59 Å². The predicted molar refractivity (Wildman–Crippen MR) is 87.7 cm³/mol. The van der Waals surface area contributed by atoms with Crippen LogP contribution >= 0.6 is 12.4 Å². The van der Waals surface area contributed by atoms with E-state index in [1.54, 1.807) is 26.4 Å². The van der Waals surface area contributed by atoms with Gasteiger partial charge in [-0.25, -0.2) is 0 Å². The van der Waals surface area contributed by atoms with Crippen molar-refractivity contribution in [1.82, 2.24) is 15.2 Å². The Balaban J connectivity index is 0.00000242. The van der Waals surface area contributed by atoms with Crippen LogP contribution in [0.1, 0.15) is 23.2 Å². The molecule has 1 amide bonds. The number of aryl methyl sites for hydroxylation is 1. The van der Waals surface area contributed by atoms with Crippen LogP contribution in [0.5, 0.6) is 0 Å². The highest BCUT2D eigenvalue weighted by Gasteiger charge is 2.32. The van der Waals surface area contributed by atoms with Crippen LogP contribution in [0.15, 0.2) is 23.1 Å².